The highest BCUT2D eigenvalue weighted by atomic mass is 16.8. The van der Waals surface area contributed by atoms with Crippen molar-refractivity contribution in [3.63, 3.8) is 0 Å². The summed E-state index contributed by atoms with van der Waals surface area (Å²) in [4.78, 5) is 0. The number of aliphatic hydroxyl groups excluding tert-OH is 4. The summed E-state index contributed by atoms with van der Waals surface area (Å²) in [5, 5.41) is 39.7. The van der Waals surface area contributed by atoms with Gasteiger partial charge in [0.2, 0.25) is 0 Å². The molecule has 2 saturated heterocycles. The van der Waals surface area contributed by atoms with Crippen LogP contribution in [0.25, 0.3) is 0 Å². The number of aliphatic hydroxyl groups is 4. The zero-order valence-corrected chi connectivity index (χ0v) is 26.6. The summed E-state index contributed by atoms with van der Waals surface area (Å²) in [5.41, 5.74) is 0. The zero-order chi connectivity index (χ0) is 32.1. The van der Waals surface area contributed by atoms with Crippen LogP contribution < -0.4 is 0 Å². The summed E-state index contributed by atoms with van der Waals surface area (Å²) in [7, 11) is 6.02. The normalized spacial score (nSPS) is 36.3. The van der Waals surface area contributed by atoms with Crippen LogP contribution >= 0.6 is 0 Å². The quantitative estimate of drug-likeness (QED) is 0.126. The standard InChI is InChI=1S/C28H54O15/c1-15(29)9-37-14-20-22(24(38-10-16(2)30)25(36-8)27(41-20)40-12-18(4)32)43-28-26(39-11-17(3)31)23(35-7)21(34-6)19(42-28)13-33-5/h15-32H,9-14H2,1-8H3/t15-,16+,17-,18+,19-,20-,21-,22-,23+,24+,25-,26-,27-,28-/m1/s1. The van der Waals surface area contributed by atoms with E-state index in [-0.39, 0.29) is 39.6 Å². The lowest BCUT2D eigenvalue weighted by Crippen LogP contribution is -2.66. The van der Waals surface area contributed by atoms with Crippen LogP contribution in [0.5, 0.6) is 0 Å². The van der Waals surface area contributed by atoms with Crippen LogP contribution in [0, 0.1) is 0 Å². The van der Waals surface area contributed by atoms with E-state index < -0.39 is 85.8 Å². The van der Waals surface area contributed by atoms with E-state index in [0.717, 1.165) is 0 Å². The monoisotopic (exact) mass is 630 g/mol. The molecule has 14 atom stereocenters. The lowest BCUT2D eigenvalue weighted by atomic mass is 9.96. The summed E-state index contributed by atoms with van der Waals surface area (Å²) in [6.07, 6.45) is -11.6. The number of methoxy groups -OCH3 is 4. The number of hydrogen-bond acceptors (Lipinski definition) is 15. The van der Waals surface area contributed by atoms with Crippen molar-refractivity contribution >= 4 is 0 Å². The van der Waals surface area contributed by atoms with Crippen LogP contribution in [0.1, 0.15) is 27.7 Å². The largest absolute Gasteiger partial charge is 0.391 e. The first kappa shape index (κ1) is 38.6. The van der Waals surface area contributed by atoms with Gasteiger partial charge in [0.05, 0.1) is 64.1 Å². The van der Waals surface area contributed by atoms with Gasteiger partial charge in [0.15, 0.2) is 12.6 Å². The second-order valence-electron chi connectivity index (χ2n) is 11.1. The minimum absolute atomic E-state index is 0.0237. The van der Waals surface area contributed by atoms with Gasteiger partial charge in [-0.05, 0) is 27.7 Å². The topological polar surface area (TPSA) is 182 Å². The van der Waals surface area contributed by atoms with Gasteiger partial charge < -0.3 is 72.5 Å². The predicted molar refractivity (Wildman–Crippen MR) is 149 cm³/mol. The second-order valence-corrected chi connectivity index (χ2v) is 11.1. The van der Waals surface area contributed by atoms with E-state index in [0.29, 0.717) is 0 Å². The van der Waals surface area contributed by atoms with Gasteiger partial charge in [-0.3, -0.25) is 0 Å². The molecule has 0 saturated carbocycles. The number of rotatable bonds is 20. The summed E-state index contributed by atoms with van der Waals surface area (Å²) in [6, 6.07) is 0. The van der Waals surface area contributed by atoms with Gasteiger partial charge >= 0.3 is 0 Å². The Hall–Kier alpha value is -0.600. The molecule has 4 N–H and O–H groups in total. The summed E-state index contributed by atoms with van der Waals surface area (Å²) in [6.45, 7) is 6.30. The molecule has 2 rings (SSSR count). The fourth-order valence-electron chi connectivity index (χ4n) is 5.01. The molecule has 2 aliphatic heterocycles. The van der Waals surface area contributed by atoms with Gasteiger partial charge in [-0.2, -0.15) is 0 Å². The number of hydrogen-bond donors (Lipinski definition) is 4. The SMILES string of the molecule is COC[C@H]1O[C@H](O[C@H]2[C@H](OC[C@H](C)O)[C@@H](OC)[C@H](OC[C@H](C)O)O[C@@H]2COC[C@@H](C)O)[C@H](OC[C@@H](C)O)[C@@H](OC)[C@@H]1OC. The molecule has 2 heterocycles. The van der Waals surface area contributed by atoms with Gasteiger partial charge in [-0.15, -0.1) is 0 Å². The molecular weight excluding hydrogens is 576 g/mol. The molecule has 0 radical (unpaired) electrons. The van der Waals surface area contributed by atoms with Crippen LogP contribution in [-0.2, 0) is 52.1 Å². The van der Waals surface area contributed by atoms with Crippen LogP contribution in [0.3, 0.4) is 0 Å². The molecule has 2 fully saturated rings. The van der Waals surface area contributed by atoms with E-state index in [9.17, 15) is 20.4 Å². The molecule has 0 spiro atoms. The van der Waals surface area contributed by atoms with Crippen molar-refractivity contribution in [1.82, 2.24) is 0 Å². The first-order valence-corrected chi connectivity index (χ1v) is 14.7. The lowest BCUT2D eigenvalue weighted by Gasteiger charge is -2.49. The maximum Gasteiger partial charge on any atom is 0.187 e. The van der Waals surface area contributed by atoms with E-state index >= 15 is 0 Å². The highest BCUT2D eigenvalue weighted by molar-refractivity contribution is 4.97. The average molecular weight is 631 g/mol. The number of ether oxygens (including phenoxy) is 11. The van der Waals surface area contributed by atoms with E-state index in [4.69, 9.17) is 52.1 Å². The van der Waals surface area contributed by atoms with Gasteiger partial charge in [-0.1, -0.05) is 0 Å². The maximum absolute atomic E-state index is 10.1. The molecule has 0 bridgehead atoms. The maximum atomic E-state index is 10.1. The Morgan fingerprint density at radius 3 is 1.51 bits per heavy atom. The third-order valence-electron chi connectivity index (χ3n) is 6.82. The van der Waals surface area contributed by atoms with Crippen LogP contribution in [0.15, 0.2) is 0 Å². The molecule has 256 valence electrons. The smallest absolute Gasteiger partial charge is 0.187 e. The van der Waals surface area contributed by atoms with E-state index in [1.807, 2.05) is 0 Å². The van der Waals surface area contributed by atoms with Crippen molar-refractivity contribution in [2.45, 2.75) is 114 Å². The lowest BCUT2D eigenvalue weighted by molar-refractivity contribution is -0.373. The first-order chi connectivity index (χ1) is 20.5. The third-order valence-corrected chi connectivity index (χ3v) is 6.82. The van der Waals surface area contributed by atoms with E-state index in [1.165, 1.54) is 28.4 Å². The molecule has 15 heteroatoms. The highest BCUT2D eigenvalue weighted by Crippen LogP contribution is 2.34. The Balaban J connectivity index is 2.51. The van der Waals surface area contributed by atoms with Crippen molar-refractivity contribution in [3.05, 3.63) is 0 Å². The van der Waals surface area contributed by atoms with Crippen LogP contribution in [0.2, 0.25) is 0 Å². The minimum Gasteiger partial charge on any atom is -0.391 e. The Labute approximate surface area is 254 Å². The Kier molecular flexibility index (Phi) is 17.8. The molecule has 0 aromatic heterocycles. The molecule has 0 aromatic carbocycles. The summed E-state index contributed by atoms with van der Waals surface area (Å²) >= 11 is 0. The molecule has 0 amide bonds. The van der Waals surface area contributed by atoms with Crippen molar-refractivity contribution in [1.29, 1.82) is 0 Å². The molecule has 0 aromatic rings. The zero-order valence-electron chi connectivity index (χ0n) is 26.6. The fourth-order valence-corrected chi connectivity index (χ4v) is 5.01. The molecule has 43 heavy (non-hydrogen) atoms. The minimum atomic E-state index is -1.10. The Bertz CT molecular complexity index is 726. The van der Waals surface area contributed by atoms with Gasteiger partial charge in [0, 0.05) is 28.4 Å². The van der Waals surface area contributed by atoms with Gasteiger partial charge in [0.25, 0.3) is 0 Å². The average Bonchev–Trinajstić information content (AvgIpc) is 2.94. The molecule has 0 unspecified atom stereocenters. The van der Waals surface area contributed by atoms with Crippen molar-refractivity contribution in [2.75, 3.05) is 68.1 Å². The molecular formula is C28H54O15. The summed E-state index contributed by atoms with van der Waals surface area (Å²) in [5.74, 6) is 0. The van der Waals surface area contributed by atoms with Gasteiger partial charge in [0.1, 0.15) is 48.8 Å². The van der Waals surface area contributed by atoms with Gasteiger partial charge in [-0.25, -0.2) is 0 Å². The Morgan fingerprint density at radius 2 is 1.00 bits per heavy atom. The first-order valence-electron chi connectivity index (χ1n) is 14.7. The van der Waals surface area contributed by atoms with E-state index in [1.54, 1.807) is 27.7 Å². The van der Waals surface area contributed by atoms with Crippen molar-refractivity contribution in [3.8, 4) is 0 Å². The van der Waals surface area contributed by atoms with Crippen molar-refractivity contribution < 1.29 is 72.5 Å². The Morgan fingerprint density at radius 1 is 0.512 bits per heavy atom. The molecule has 0 aliphatic carbocycles. The summed E-state index contributed by atoms with van der Waals surface area (Å²) < 4.78 is 65.7. The van der Waals surface area contributed by atoms with Crippen molar-refractivity contribution in [2.24, 2.45) is 0 Å². The molecule has 15 nitrogen and oxygen atoms in total. The van der Waals surface area contributed by atoms with Crippen LogP contribution in [-0.4, -0.2) is 174 Å². The fraction of sp³-hybridized carbons (Fsp3) is 1.00. The highest BCUT2D eigenvalue weighted by Gasteiger charge is 2.54. The predicted octanol–water partition coefficient (Wildman–Crippen LogP) is -1.16. The molecule has 2 aliphatic rings. The third kappa shape index (κ3) is 11.9. The van der Waals surface area contributed by atoms with Crippen LogP contribution in [0.4, 0.5) is 0 Å². The second kappa shape index (κ2) is 19.8. The van der Waals surface area contributed by atoms with E-state index in [2.05, 4.69) is 0 Å².